The van der Waals surface area contributed by atoms with E-state index in [1.165, 1.54) is 12.8 Å². The SMILES string of the molecule is CC(Nc1ccc(OCc2noc(C3CC3)n2)cc1)C1CCCCO1. The van der Waals surface area contributed by atoms with Crippen molar-refractivity contribution in [1.29, 1.82) is 0 Å². The second-order valence-corrected chi connectivity index (χ2v) is 6.97. The summed E-state index contributed by atoms with van der Waals surface area (Å²) < 4.78 is 16.8. The maximum atomic E-state index is 5.84. The molecule has 2 fully saturated rings. The molecule has 2 aliphatic rings. The summed E-state index contributed by atoms with van der Waals surface area (Å²) in [6, 6.07) is 8.27. The first-order valence-corrected chi connectivity index (χ1v) is 9.21. The third-order valence-electron chi connectivity index (χ3n) is 4.80. The molecule has 2 atom stereocenters. The topological polar surface area (TPSA) is 69.4 Å². The van der Waals surface area contributed by atoms with Crippen molar-refractivity contribution >= 4 is 5.69 Å². The molecule has 1 aliphatic heterocycles. The van der Waals surface area contributed by atoms with Gasteiger partial charge in [0, 0.05) is 24.3 Å². The van der Waals surface area contributed by atoms with Crippen molar-refractivity contribution in [1.82, 2.24) is 10.1 Å². The van der Waals surface area contributed by atoms with Crippen molar-refractivity contribution in [3.63, 3.8) is 0 Å². The van der Waals surface area contributed by atoms with Crippen LogP contribution in [0.5, 0.6) is 5.75 Å². The lowest BCUT2D eigenvalue weighted by Crippen LogP contribution is -2.35. The van der Waals surface area contributed by atoms with E-state index in [0.29, 0.717) is 30.5 Å². The molecule has 2 heterocycles. The third kappa shape index (κ3) is 4.31. The highest BCUT2D eigenvalue weighted by molar-refractivity contribution is 5.47. The molecule has 134 valence electrons. The minimum atomic E-state index is 0.295. The van der Waals surface area contributed by atoms with Crippen LogP contribution < -0.4 is 10.1 Å². The predicted molar refractivity (Wildman–Crippen MR) is 93.7 cm³/mol. The van der Waals surface area contributed by atoms with Gasteiger partial charge in [0.1, 0.15) is 5.75 Å². The molecule has 0 spiro atoms. The van der Waals surface area contributed by atoms with Crippen LogP contribution in [0.4, 0.5) is 5.69 Å². The Balaban J connectivity index is 1.27. The molecule has 0 amide bonds. The predicted octanol–water partition coefficient (Wildman–Crippen LogP) is 3.90. The molecule has 1 aromatic heterocycles. The average Bonchev–Trinajstić information content (AvgIpc) is 3.40. The van der Waals surface area contributed by atoms with Crippen LogP contribution in [0, 0.1) is 0 Å². The third-order valence-corrected chi connectivity index (χ3v) is 4.80. The first-order valence-electron chi connectivity index (χ1n) is 9.21. The van der Waals surface area contributed by atoms with E-state index >= 15 is 0 Å². The van der Waals surface area contributed by atoms with Crippen LogP contribution >= 0.6 is 0 Å². The molecule has 1 saturated heterocycles. The van der Waals surface area contributed by atoms with Crippen molar-refractivity contribution in [2.75, 3.05) is 11.9 Å². The van der Waals surface area contributed by atoms with Crippen molar-refractivity contribution in [3.05, 3.63) is 36.0 Å². The largest absolute Gasteiger partial charge is 0.485 e. The fourth-order valence-corrected chi connectivity index (χ4v) is 3.13. The summed E-state index contributed by atoms with van der Waals surface area (Å²) in [7, 11) is 0. The number of hydrogen-bond donors (Lipinski definition) is 1. The summed E-state index contributed by atoms with van der Waals surface area (Å²) in [5.74, 6) is 2.62. The van der Waals surface area contributed by atoms with Gasteiger partial charge in [0.2, 0.25) is 11.7 Å². The van der Waals surface area contributed by atoms with E-state index in [4.69, 9.17) is 14.0 Å². The first kappa shape index (κ1) is 16.4. The molecule has 4 rings (SSSR count). The number of benzene rings is 1. The second kappa shape index (κ2) is 7.44. The van der Waals surface area contributed by atoms with Crippen LogP contribution in [0.2, 0.25) is 0 Å². The first-order chi connectivity index (χ1) is 12.3. The van der Waals surface area contributed by atoms with Gasteiger partial charge in [-0.25, -0.2) is 0 Å². The highest BCUT2D eigenvalue weighted by Crippen LogP contribution is 2.38. The van der Waals surface area contributed by atoms with Crippen LogP contribution in [0.1, 0.15) is 56.7 Å². The number of rotatable bonds is 7. The Labute approximate surface area is 147 Å². The summed E-state index contributed by atoms with van der Waals surface area (Å²) in [4.78, 5) is 4.37. The minimum Gasteiger partial charge on any atom is -0.485 e. The Morgan fingerprint density at radius 2 is 2.04 bits per heavy atom. The number of nitrogens with zero attached hydrogens (tertiary/aromatic N) is 2. The van der Waals surface area contributed by atoms with Gasteiger partial charge in [-0.2, -0.15) is 4.98 Å². The normalized spacial score (nSPS) is 21.7. The molecule has 1 N–H and O–H groups in total. The Morgan fingerprint density at radius 3 is 2.76 bits per heavy atom. The van der Waals surface area contributed by atoms with Crippen LogP contribution in [0.15, 0.2) is 28.8 Å². The standard InChI is InChI=1S/C19H25N3O3/c1-13(17-4-2-3-11-23-17)20-15-7-9-16(10-8-15)24-12-18-21-19(25-22-18)14-5-6-14/h7-10,13-14,17,20H,2-6,11-12H2,1H3. The van der Waals surface area contributed by atoms with Gasteiger partial charge in [-0.3, -0.25) is 0 Å². The second-order valence-electron chi connectivity index (χ2n) is 6.97. The van der Waals surface area contributed by atoms with E-state index in [2.05, 4.69) is 22.4 Å². The zero-order chi connectivity index (χ0) is 17.1. The monoisotopic (exact) mass is 343 g/mol. The van der Waals surface area contributed by atoms with Crippen molar-refractivity contribution < 1.29 is 14.0 Å². The smallest absolute Gasteiger partial charge is 0.229 e. The minimum absolute atomic E-state index is 0.295. The summed E-state index contributed by atoms with van der Waals surface area (Å²) in [6.45, 7) is 3.38. The van der Waals surface area contributed by atoms with Crippen LogP contribution in [-0.2, 0) is 11.3 Å². The van der Waals surface area contributed by atoms with Crippen LogP contribution in [-0.4, -0.2) is 28.9 Å². The van der Waals surface area contributed by atoms with Crippen LogP contribution in [0.3, 0.4) is 0 Å². The summed E-state index contributed by atoms with van der Waals surface area (Å²) in [5, 5.41) is 7.48. The van der Waals surface area contributed by atoms with Gasteiger partial charge in [-0.05, 0) is 63.3 Å². The Bertz CT molecular complexity index is 675. The number of aromatic nitrogens is 2. The van der Waals surface area contributed by atoms with Crippen molar-refractivity contribution in [2.45, 2.75) is 63.7 Å². The lowest BCUT2D eigenvalue weighted by atomic mass is 10.0. The van der Waals surface area contributed by atoms with Crippen LogP contribution in [0.25, 0.3) is 0 Å². The lowest BCUT2D eigenvalue weighted by Gasteiger charge is -2.29. The fraction of sp³-hybridized carbons (Fsp3) is 0.579. The molecule has 1 aliphatic carbocycles. The molecule has 2 aromatic rings. The van der Waals surface area contributed by atoms with Gasteiger partial charge in [0.15, 0.2) is 6.61 Å². The Morgan fingerprint density at radius 1 is 1.20 bits per heavy atom. The quantitative estimate of drug-likeness (QED) is 0.822. The number of nitrogens with one attached hydrogen (secondary N) is 1. The molecular weight excluding hydrogens is 318 g/mol. The lowest BCUT2D eigenvalue weighted by molar-refractivity contribution is 0.00786. The van der Waals surface area contributed by atoms with Gasteiger partial charge >= 0.3 is 0 Å². The van der Waals surface area contributed by atoms with E-state index in [0.717, 1.165) is 43.2 Å². The van der Waals surface area contributed by atoms with E-state index in [1.54, 1.807) is 0 Å². The number of ether oxygens (including phenoxy) is 2. The van der Waals surface area contributed by atoms with E-state index in [9.17, 15) is 0 Å². The average molecular weight is 343 g/mol. The molecule has 2 unspecified atom stereocenters. The van der Waals surface area contributed by atoms with E-state index < -0.39 is 0 Å². The number of hydrogen-bond acceptors (Lipinski definition) is 6. The molecule has 6 heteroatoms. The van der Waals surface area contributed by atoms with Gasteiger partial charge in [-0.15, -0.1) is 0 Å². The van der Waals surface area contributed by atoms with Gasteiger partial charge in [0.05, 0.1) is 6.10 Å². The molecule has 25 heavy (non-hydrogen) atoms. The zero-order valence-corrected chi connectivity index (χ0v) is 14.6. The highest BCUT2D eigenvalue weighted by Gasteiger charge is 2.29. The molecule has 6 nitrogen and oxygen atoms in total. The molecule has 1 aromatic carbocycles. The Hall–Kier alpha value is -2.08. The molecule has 0 bridgehead atoms. The maximum absolute atomic E-state index is 5.84. The molecule has 1 saturated carbocycles. The summed E-state index contributed by atoms with van der Waals surface area (Å²) in [6.07, 6.45) is 6.16. The van der Waals surface area contributed by atoms with Gasteiger partial charge in [0.25, 0.3) is 0 Å². The maximum Gasteiger partial charge on any atom is 0.229 e. The molecule has 0 radical (unpaired) electrons. The zero-order valence-electron chi connectivity index (χ0n) is 14.6. The summed E-state index contributed by atoms with van der Waals surface area (Å²) >= 11 is 0. The highest BCUT2D eigenvalue weighted by atomic mass is 16.5. The van der Waals surface area contributed by atoms with E-state index in [1.807, 2.05) is 24.3 Å². The summed E-state index contributed by atoms with van der Waals surface area (Å²) in [5.41, 5.74) is 1.07. The van der Waals surface area contributed by atoms with Gasteiger partial charge in [-0.1, -0.05) is 5.16 Å². The van der Waals surface area contributed by atoms with Crippen molar-refractivity contribution in [2.24, 2.45) is 0 Å². The molecular formula is C19H25N3O3. The fourth-order valence-electron chi connectivity index (χ4n) is 3.13. The number of anilines is 1. The van der Waals surface area contributed by atoms with E-state index in [-0.39, 0.29) is 0 Å². The van der Waals surface area contributed by atoms with Gasteiger partial charge < -0.3 is 19.3 Å². The van der Waals surface area contributed by atoms with Crippen molar-refractivity contribution in [3.8, 4) is 5.75 Å². The Kier molecular flexibility index (Phi) is 4.88.